The molecule has 1 aromatic heterocycles. The van der Waals surface area contributed by atoms with E-state index in [2.05, 4.69) is 32.1 Å². The fraction of sp³-hybridized carbons (Fsp3) is 0.450. The van der Waals surface area contributed by atoms with E-state index in [1.165, 1.54) is 12.1 Å². The van der Waals surface area contributed by atoms with Crippen molar-refractivity contribution in [3.63, 3.8) is 0 Å². The van der Waals surface area contributed by atoms with Crippen LogP contribution in [0, 0.1) is 13.8 Å². The second-order valence-corrected chi connectivity index (χ2v) is 7.28. The summed E-state index contributed by atoms with van der Waals surface area (Å²) in [6.07, 6.45) is -4.42. The minimum atomic E-state index is -4.39. The molecular weight excluding hydrogens is 383 g/mol. The molecule has 0 radical (unpaired) electrons. The number of halogens is 3. The molecule has 2 heterocycles. The lowest BCUT2D eigenvalue weighted by atomic mass is 10.1. The van der Waals surface area contributed by atoms with Gasteiger partial charge in [-0.2, -0.15) is 13.2 Å². The number of rotatable bonds is 4. The molecule has 0 aliphatic carbocycles. The molecule has 6 nitrogen and oxygen atoms in total. The van der Waals surface area contributed by atoms with Crippen LogP contribution in [0.4, 0.5) is 24.8 Å². The van der Waals surface area contributed by atoms with Gasteiger partial charge in [-0.25, -0.2) is 9.97 Å². The Morgan fingerprint density at radius 3 is 2.10 bits per heavy atom. The van der Waals surface area contributed by atoms with E-state index in [0.717, 1.165) is 38.3 Å². The molecule has 1 aromatic carbocycles. The molecule has 0 saturated carbocycles. The van der Waals surface area contributed by atoms with Crippen LogP contribution in [0.5, 0.6) is 0 Å². The molecule has 1 aliphatic rings. The van der Waals surface area contributed by atoms with Crippen molar-refractivity contribution in [1.82, 2.24) is 14.9 Å². The molecule has 0 bridgehead atoms. The van der Waals surface area contributed by atoms with Crippen LogP contribution in [0.3, 0.4) is 0 Å². The first-order valence-electron chi connectivity index (χ1n) is 9.38. The van der Waals surface area contributed by atoms with Crippen molar-refractivity contribution in [3.05, 3.63) is 46.8 Å². The Hall–Kier alpha value is -2.68. The molecule has 156 valence electrons. The molecule has 0 spiro atoms. The van der Waals surface area contributed by atoms with Gasteiger partial charge in [-0.1, -0.05) is 12.1 Å². The van der Waals surface area contributed by atoms with Gasteiger partial charge in [0.1, 0.15) is 0 Å². The van der Waals surface area contributed by atoms with Crippen molar-refractivity contribution in [2.45, 2.75) is 26.4 Å². The average molecular weight is 407 g/mol. The number of carbonyl (C=O) groups is 1. The lowest BCUT2D eigenvalue weighted by Crippen LogP contribution is -2.45. The maximum Gasteiger partial charge on any atom is 0.416 e. The highest BCUT2D eigenvalue weighted by Gasteiger charge is 2.30. The van der Waals surface area contributed by atoms with Gasteiger partial charge in [0.2, 0.25) is 11.9 Å². The van der Waals surface area contributed by atoms with Crippen LogP contribution >= 0.6 is 0 Å². The van der Waals surface area contributed by atoms with Crippen LogP contribution in [-0.4, -0.2) is 54.0 Å². The summed E-state index contributed by atoms with van der Waals surface area (Å²) in [4.78, 5) is 25.8. The van der Waals surface area contributed by atoms with Gasteiger partial charge in [-0.3, -0.25) is 4.79 Å². The van der Waals surface area contributed by atoms with Gasteiger partial charge in [0.25, 0.3) is 0 Å². The van der Waals surface area contributed by atoms with E-state index in [1.54, 1.807) is 0 Å². The highest BCUT2D eigenvalue weighted by Crippen LogP contribution is 2.29. The predicted octanol–water partition coefficient (Wildman–Crippen LogP) is 3.05. The highest BCUT2D eigenvalue weighted by atomic mass is 19.4. The highest BCUT2D eigenvalue weighted by molar-refractivity contribution is 5.93. The van der Waals surface area contributed by atoms with Crippen LogP contribution < -0.4 is 10.2 Å². The molecule has 0 atom stereocenters. The van der Waals surface area contributed by atoms with Gasteiger partial charge < -0.3 is 15.1 Å². The van der Waals surface area contributed by atoms with Gasteiger partial charge in [0.05, 0.1) is 29.1 Å². The van der Waals surface area contributed by atoms with E-state index in [-0.39, 0.29) is 12.3 Å². The summed E-state index contributed by atoms with van der Waals surface area (Å²) in [7, 11) is 2.07. The van der Waals surface area contributed by atoms with E-state index in [9.17, 15) is 18.0 Å². The van der Waals surface area contributed by atoms with E-state index in [4.69, 9.17) is 0 Å². The monoisotopic (exact) mass is 407 g/mol. The number of benzene rings is 1. The fourth-order valence-electron chi connectivity index (χ4n) is 3.21. The average Bonchev–Trinajstić information content (AvgIpc) is 2.65. The molecule has 1 aliphatic heterocycles. The Morgan fingerprint density at radius 2 is 1.59 bits per heavy atom. The van der Waals surface area contributed by atoms with E-state index in [1.807, 2.05) is 13.8 Å². The molecule has 1 fully saturated rings. The predicted molar refractivity (Wildman–Crippen MR) is 105 cm³/mol. The van der Waals surface area contributed by atoms with Crippen LogP contribution in [0.1, 0.15) is 22.5 Å². The number of nitrogens with zero attached hydrogens (tertiary/aromatic N) is 4. The molecule has 2 aromatic rings. The number of piperazine rings is 1. The normalized spacial score (nSPS) is 15.4. The molecule has 29 heavy (non-hydrogen) atoms. The van der Waals surface area contributed by atoms with Crippen molar-refractivity contribution in [1.29, 1.82) is 0 Å². The first kappa shape index (κ1) is 21.0. The Labute approximate surface area is 167 Å². The van der Waals surface area contributed by atoms with Crippen molar-refractivity contribution in [2.24, 2.45) is 0 Å². The molecular formula is C20H24F3N5O. The Balaban J connectivity index is 1.67. The summed E-state index contributed by atoms with van der Waals surface area (Å²) in [5.41, 5.74) is 1.63. The van der Waals surface area contributed by atoms with Crippen LogP contribution in [0.2, 0.25) is 0 Å². The lowest BCUT2D eigenvalue weighted by molar-refractivity contribution is -0.137. The molecule has 3 rings (SSSR count). The number of hydrogen-bond donors (Lipinski definition) is 1. The largest absolute Gasteiger partial charge is 0.416 e. The first-order chi connectivity index (χ1) is 13.6. The number of amides is 1. The quantitative estimate of drug-likeness (QED) is 0.844. The van der Waals surface area contributed by atoms with Gasteiger partial charge in [0.15, 0.2) is 0 Å². The van der Waals surface area contributed by atoms with E-state index >= 15 is 0 Å². The minimum Gasteiger partial charge on any atom is -0.338 e. The SMILES string of the molecule is Cc1nc(N2CCN(C)CC2)nc(C)c1NC(=O)Cc1ccc(C(F)(F)F)cc1. The molecule has 9 heteroatoms. The molecule has 1 amide bonds. The third-order valence-electron chi connectivity index (χ3n) is 4.96. The summed E-state index contributed by atoms with van der Waals surface area (Å²) >= 11 is 0. The lowest BCUT2D eigenvalue weighted by Gasteiger charge is -2.32. The van der Waals surface area contributed by atoms with Crippen LogP contribution in [0.15, 0.2) is 24.3 Å². The topological polar surface area (TPSA) is 61.4 Å². The zero-order chi connectivity index (χ0) is 21.2. The number of aromatic nitrogens is 2. The zero-order valence-corrected chi connectivity index (χ0v) is 16.7. The smallest absolute Gasteiger partial charge is 0.338 e. The number of alkyl halides is 3. The second kappa shape index (κ2) is 8.36. The van der Waals surface area contributed by atoms with Crippen molar-refractivity contribution >= 4 is 17.5 Å². The summed E-state index contributed by atoms with van der Waals surface area (Å²) in [6.45, 7) is 7.17. The maximum atomic E-state index is 12.6. The molecule has 1 saturated heterocycles. The third kappa shape index (κ3) is 5.23. The summed E-state index contributed by atoms with van der Waals surface area (Å²) < 4.78 is 37.9. The van der Waals surface area contributed by atoms with E-state index in [0.29, 0.717) is 28.6 Å². The summed E-state index contributed by atoms with van der Waals surface area (Å²) in [5, 5.41) is 2.80. The first-order valence-corrected chi connectivity index (χ1v) is 9.38. The van der Waals surface area contributed by atoms with E-state index < -0.39 is 11.7 Å². The number of aryl methyl sites for hydroxylation is 2. The molecule has 0 unspecified atom stereocenters. The number of likely N-dealkylation sites (N-methyl/N-ethyl adjacent to an activating group) is 1. The third-order valence-corrected chi connectivity index (χ3v) is 4.96. The Bertz CT molecular complexity index is 852. The van der Waals surface area contributed by atoms with Crippen molar-refractivity contribution in [3.8, 4) is 0 Å². The van der Waals surface area contributed by atoms with Crippen molar-refractivity contribution < 1.29 is 18.0 Å². The number of carbonyl (C=O) groups excluding carboxylic acids is 1. The van der Waals surface area contributed by atoms with Gasteiger partial charge >= 0.3 is 6.18 Å². The second-order valence-electron chi connectivity index (χ2n) is 7.28. The summed E-state index contributed by atoms with van der Waals surface area (Å²) in [6, 6.07) is 4.59. The maximum absolute atomic E-state index is 12.6. The van der Waals surface area contributed by atoms with Crippen LogP contribution in [-0.2, 0) is 17.4 Å². The number of hydrogen-bond acceptors (Lipinski definition) is 5. The number of nitrogens with one attached hydrogen (secondary N) is 1. The standard InChI is InChI=1S/C20H24F3N5O/c1-13-18(14(2)25-19(24-13)28-10-8-27(3)9-11-28)26-17(29)12-15-4-6-16(7-5-15)20(21,22)23/h4-7H,8-12H2,1-3H3,(H,26,29). The zero-order valence-electron chi connectivity index (χ0n) is 16.7. The molecule has 1 N–H and O–H groups in total. The Kier molecular flexibility index (Phi) is 6.07. The van der Waals surface area contributed by atoms with Gasteiger partial charge in [-0.15, -0.1) is 0 Å². The van der Waals surface area contributed by atoms with Gasteiger partial charge in [-0.05, 0) is 38.6 Å². The summed E-state index contributed by atoms with van der Waals surface area (Å²) in [5.74, 6) is 0.320. The fourth-order valence-corrected chi connectivity index (χ4v) is 3.21. The Morgan fingerprint density at radius 1 is 1.03 bits per heavy atom. The van der Waals surface area contributed by atoms with Crippen molar-refractivity contribution in [2.75, 3.05) is 43.4 Å². The number of anilines is 2. The van der Waals surface area contributed by atoms with Crippen LogP contribution in [0.25, 0.3) is 0 Å². The van der Waals surface area contributed by atoms with Gasteiger partial charge in [0, 0.05) is 26.2 Å². The minimum absolute atomic E-state index is 0.0305.